The summed E-state index contributed by atoms with van der Waals surface area (Å²) in [7, 11) is 1.62. The van der Waals surface area contributed by atoms with Crippen molar-refractivity contribution in [3.05, 3.63) is 59.9 Å². The first-order valence-corrected chi connectivity index (χ1v) is 11.7. The lowest BCUT2D eigenvalue weighted by Gasteiger charge is -2.42. The van der Waals surface area contributed by atoms with Gasteiger partial charge in [-0.3, -0.25) is 9.59 Å². The lowest BCUT2D eigenvalue weighted by atomic mass is 9.73. The summed E-state index contributed by atoms with van der Waals surface area (Å²) in [5.74, 6) is 0.310. The van der Waals surface area contributed by atoms with Crippen molar-refractivity contribution in [3.63, 3.8) is 0 Å². The highest BCUT2D eigenvalue weighted by Crippen LogP contribution is 2.40. The fraction of sp³-hybridized carbons (Fsp3) is 0.462. The number of benzene rings is 2. The number of anilines is 1. The second kappa shape index (κ2) is 9.00. The predicted octanol–water partition coefficient (Wildman–Crippen LogP) is 2.92. The zero-order valence-electron chi connectivity index (χ0n) is 19.3. The van der Waals surface area contributed by atoms with Gasteiger partial charge in [0.15, 0.2) is 0 Å². The number of amides is 2. The summed E-state index contributed by atoms with van der Waals surface area (Å²) in [4.78, 5) is 30.1. The summed E-state index contributed by atoms with van der Waals surface area (Å²) in [6.07, 6.45) is 1.87. The lowest BCUT2D eigenvalue weighted by Crippen LogP contribution is -2.57. The molecule has 7 nitrogen and oxygen atoms in total. The van der Waals surface area contributed by atoms with Crippen molar-refractivity contribution in [1.82, 2.24) is 4.90 Å². The van der Waals surface area contributed by atoms with Crippen LogP contribution in [-0.4, -0.2) is 68.9 Å². The van der Waals surface area contributed by atoms with Gasteiger partial charge in [-0.1, -0.05) is 12.1 Å². The molecule has 0 saturated carbocycles. The fourth-order valence-corrected chi connectivity index (χ4v) is 5.39. The zero-order chi connectivity index (χ0) is 23.8. The van der Waals surface area contributed by atoms with Crippen molar-refractivity contribution in [1.29, 1.82) is 0 Å². The molecule has 0 unspecified atom stereocenters. The Morgan fingerprint density at radius 3 is 2.38 bits per heavy atom. The molecule has 1 spiro atoms. The van der Waals surface area contributed by atoms with E-state index in [0.717, 1.165) is 11.3 Å². The molecule has 0 aromatic heterocycles. The van der Waals surface area contributed by atoms with Gasteiger partial charge in [-0.25, -0.2) is 4.39 Å². The van der Waals surface area contributed by atoms with Gasteiger partial charge in [0.1, 0.15) is 23.8 Å². The first-order chi connectivity index (χ1) is 16.4. The summed E-state index contributed by atoms with van der Waals surface area (Å²) < 4.78 is 30.3. The summed E-state index contributed by atoms with van der Waals surface area (Å²) in [6.45, 7) is 2.30. The van der Waals surface area contributed by atoms with Crippen LogP contribution >= 0.6 is 0 Å². The Kier molecular flexibility index (Phi) is 6.04. The molecule has 0 N–H and O–H groups in total. The van der Waals surface area contributed by atoms with Gasteiger partial charge in [-0.2, -0.15) is 0 Å². The maximum absolute atomic E-state index is 14.0. The minimum Gasteiger partial charge on any atom is -0.497 e. The molecule has 0 radical (unpaired) electrons. The van der Waals surface area contributed by atoms with Crippen LogP contribution in [-0.2, 0) is 24.5 Å². The molecule has 8 heteroatoms. The Morgan fingerprint density at radius 2 is 1.71 bits per heavy atom. The zero-order valence-corrected chi connectivity index (χ0v) is 19.3. The number of likely N-dealkylation sites (tertiary alicyclic amines) is 1. The Labute approximate surface area is 198 Å². The Balaban J connectivity index is 1.37. The number of ether oxygens (including phenoxy) is 3. The number of nitrogens with zero attached hydrogens (tertiary/aromatic N) is 2. The smallest absolute Gasteiger partial charge is 0.253 e. The number of hydrogen-bond donors (Lipinski definition) is 0. The number of halogens is 1. The van der Waals surface area contributed by atoms with Gasteiger partial charge in [0.25, 0.3) is 5.91 Å². The topological polar surface area (TPSA) is 68.3 Å². The molecule has 3 heterocycles. The van der Waals surface area contributed by atoms with Crippen LogP contribution in [0.4, 0.5) is 10.1 Å². The molecule has 1 atom stereocenters. The highest BCUT2D eigenvalue weighted by atomic mass is 19.1. The molecule has 3 fully saturated rings. The first-order valence-electron chi connectivity index (χ1n) is 11.7. The van der Waals surface area contributed by atoms with E-state index < -0.39 is 11.0 Å². The van der Waals surface area contributed by atoms with Crippen molar-refractivity contribution in [2.24, 2.45) is 0 Å². The molecule has 2 aromatic carbocycles. The summed E-state index contributed by atoms with van der Waals surface area (Å²) >= 11 is 0. The number of carbonyl (C=O) groups excluding carboxylic acids is 2. The van der Waals surface area contributed by atoms with E-state index in [9.17, 15) is 14.0 Å². The lowest BCUT2D eigenvalue weighted by molar-refractivity contribution is -0.144. The average Bonchev–Trinajstić information content (AvgIpc) is 3.29. The van der Waals surface area contributed by atoms with Crippen molar-refractivity contribution < 1.29 is 28.2 Å². The van der Waals surface area contributed by atoms with Crippen LogP contribution in [0.2, 0.25) is 0 Å². The van der Waals surface area contributed by atoms with Crippen LogP contribution in [0.15, 0.2) is 48.5 Å². The summed E-state index contributed by atoms with van der Waals surface area (Å²) in [6, 6.07) is 13.6. The molecule has 2 aromatic rings. The van der Waals surface area contributed by atoms with Crippen molar-refractivity contribution >= 4 is 17.5 Å². The SMILES string of the molecule is COc1ccc(C2(C(=O)N3CC[C@]4(C3)CN(c3ccc(F)cc3)C(=O)CO4)CCOCC2)cc1. The number of hydrogen-bond acceptors (Lipinski definition) is 5. The average molecular weight is 469 g/mol. The van der Waals surface area contributed by atoms with E-state index in [1.165, 1.54) is 12.1 Å². The molecule has 3 saturated heterocycles. The highest BCUT2D eigenvalue weighted by Gasteiger charge is 2.51. The minimum atomic E-state index is -0.656. The monoisotopic (exact) mass is 468 g/mol. The van der Waals surface area contributed by atoms with E-state index in [1.54, 1.807) is 24.1 Å². The number of carbonyl (C=O) groups is 2. The van der Waals surface area contributed by atoms with Crippen LogP contribution in [0.5, 0.6) is 5.75 Å². The van der Waals surface area contributed by atoms with Gasteiger partial charge in [0.2, 0.25) is 5.91 Å². The van der Waals surface area contributed by atoms with Crippen LogP contribution in [0.1, 0.15) is 24.8 Å². The molecule has 5 rings (SSSR count). The van der Waals surface area contributed by atoms with Gasteiger partial charge >= 0.3 is 0 Å². The summed E-state index contributed by atoms with van der Waals surface area (Å²) in [5.41, 5.74) is 0.315. The van der Waals surface area contributed by atoms with E-state index in [0.29, 0.717) is 57.8 Å². The first kappa shape index (κ1) is 22.8. The number of rotatable bonds is 4. The Hall–Kier alpha value is -2.97. The summed E-state index contributed by atoms with van der Waals surface area (Å²) in [5, 5.41) is 0. The molecule has 34 heavy (non-hydrogen) atoms. The van der Waals surface area contributed by atoms with Crippen molar-refractivity contribution in [2.45, 2.75) is 30.3 Å². The molecule has 3 aliphatic rings. The van der Waals surface area contributed by atoms with Gasteiger partial charge in [-0.05, 0) is 61.2 Å². The minimum absolute atomic E-state index is 0.0587. The third-order valence-electron chi connectivity index (χ3n) is 7.39. The van der Waals surface area contributed by atoms with Gasteiger partial charge < -0.3 is 24.0 Å². The van der Waals surface area contributed by atoms with Gasteiger partial charge in [0.05, 0.1) is 25.6 Å². The molecular weight excluding hydrogens is 439 g/mol. The fourth-order valence-electron chi connectivity index (χ4n) is 5.39. The number of morpholine rings is 1. The quantitative estimate of drug-likeness (QED) is 0.690. The van der Waals surface area contributed by atoms with Crippen LogP contribution in [0, 0.1) is 5.82 Å². The van der Waals surface area contributed by atoms with E-state index in [4.69, 9.17) is 14.2 Å². The third-order valence-corrected chi connectivity index (χ3v) is 7.39. The largest absolute Gasteiger partial charge is 0.497 e. The second-order valence-electron chi connectivity index (χ2n) is 9.33. The van der Waals surface area contributed by atoms with Crippen LogP contribution < -0.4 is 9.64 Å². The second-order valence-corrected chi connectivity index (χ2v) is 9.33. The van der Waals surface area contributed by atoms with E-state index in [1.807, 2.05) is 29.2 Å². The van der Waals surface area contributed by atoms with E-state index in [2.05, 4.69) is 0 Å². The van der Waals surface area contributed by atoms with Crippen LogP contribution in [0.25, 0.3) is 0 Å². The predicted molar refractivity (Wildman–Crippen MR) is 123 cm³/mol. The molecule has 3 aliphatic heterocycles. The van der Waals surface area contributed by atoms with Crippen molar-refractivity contribution in [2.75, 3.05) is 51.5 Å². The third kappa shape index (κ3) is 4.05. The highest BCUT2D eigenvalue weighted by molar-refractivity contribution is 5.95. The molecule has 0 aliphatic carbocycles. The normalized spacial score (nSPS) is 24.5. The molecule has 0 bridgehead atoms. The standard InChI is InChI=1S/C26H29FN2O5/c1-32-22-8-2-19(3-9-22)26(11-14-33-15-12-26)24(31)28-13-10-25(17-28)18-29(23(30)16-34-25)21-6-4-20(27)5-7-21/h2-9H,10-18H2,1H3/t25-/m0/s1. The molecule has 180 valence electrons. The van der Waals surface area contributed by atoms with E-state index in [-0.39, 0.29) is 24.2 Å². The maximum Gasteiger partial charge on any atom is 0.253 e. The van der Waals surface area contributed by atoms with Gasteiger partial charge in [0, 0.05) is 25.4 Å². The Morgan fingerprint density at radius 1 is 1.00 bits per heavy atom. The van der Waals surface area contributed by atoms with E-state index >= 15 is 0 Å². The maximum atomic E-state index is 14.0. The van der Waals surface area contributed by atoms with Crippen LogP contribution in [0.3, 0.4) is 0 Å². The number of methoxy groups -OCH3 is 1. The molecule has 2 amide bonds. The molecular formula is C26H29FN2O5. The Bertz CT molecular complexity index is 1050. The van der Waals surface area contributed by atoms with Crippen molar-refractivity contribution in [3.8, 4) is 5.75 Å². The van der Waals surface area contributed by atoms with Gasteiger partial charge in [-0.15, -0.1) is 0 Å².